The molecule has 1 atom stereocenters. The van der Waals surface area contributed by atoms with Gasteiger partial charge in [-0.1, -0.05) is 5.16 Å². The fourth-order valence-electron chi connectivity index (χ4n) is 2.35. The summed E-state index contributed by atoms with van der Waals surface area (Å²) in [5, 5.41) is 6.35. The molecule has 1 aliphatic heterocycles. The van der Waals surface area contributed by atoms with Crippen molar-refractivity contribution in [3.63, 3.8) is 0 Å². The van der Waals surface area contributed by atoms with Crippen molar-refractivity contribution in [3.8, 4) is 0 Å². The first-order chi connectivity index (χ1) is 9.67. The summed E-state index contributed by atoms with van der Waals surface area (Å²) in [6.45, 7) is 0.732. The van der Waals surface area contributed by atoms with Gasteiger partial charge in [-0.05, 0) is 12.8 Å². The zero-order valence-corrected chi connectivity index (χ0v) is 11.2. The monoisotopic (exact) mass is 280 g/mol. The zero-order valence-electron chi connectivity index (χ0n) is 11.2. The SMILES string of the molecule is COCc1nc(C(=O)NC2CC(=O)N(C3CC3)C2)no1. The Labute approximate surface area is 115 Å². The molecule has 8 nitrogen and oxygen atoms in total. The molecule has 0 aromatic carbocycles. The molecule has 1 aliphatic carbocycles. The maximum absolute atomic E-state index is 12.0. The van der Waals surface area contributed by atoms with Gasteiger partial charge in [-0.2, -0.15) is 4.98 Å². The maximum Gasteiger partial charge on any atom is 0.292 e. The van der Waals surface area contributed by atoms with Crippen molar-refractivity contribution in [3.05, 3.63) is 11.7 Å². The van der Waals surface area contributed by atoms with E-state index in [-0.39, 0.29) is 30.3 Å². The number of carbonyl (C=O) groups is 2. The Morgan fingerprint density at radius 1 is 1.55 bits per heavy atom. The van der Waals surface area contributed by atoms with Crippen molar-refractivity contribution in [2.45, 2.75) is 38.0 Å². The van der Waals surface area contributed by atoms with Gasteiger partial charge in [0.2, 0.25) is 5.91 Å². The minimum absolute atomic E-state index is 0.0330. The predicted molar refractivity (Wildman–Crippen MR) is 65.6 cm³/mol. The number of hydrogen-bond acceptors (Lipinski definition) is 6. The van der Waals surface area contributed by atoms with E-state index in [2.05, 4.69) is 15.5 Å². The van der Waals surface area contributed by atoms with Crippen LogP contribution in [0.25, 0.3) is 0 Å². The Balaban J connectivity index is 1.57. The van der Waals surface area contributed by atoms with Crippen LogP contribution in [0.3, 0.4) is 0 Å². The molecule has 2 heterocycles. The smallest absolute Gasteiger partial charge is 0.292 e. The third kappa shape index (κ3) is 2.64. The molecule has 1 saturated heterocycles. The van der Waals surface area contributed by atoms with Crippen molar-refractivity contribution >= 4 is 11.8 Å². The Kier molecular flexibility index (Phi) is 3.39. The van der Waals surface area contributed by atoms with Crippen LogP contribution in [-0.4, -0.2) is 52.6 Å². The summed E-state index contributed by atoms with van der Waals surface area (Å²) in [6, 6.07) is 0.197. The Morgan fingerprint density at radius 2 is 2.35 bits per heavy atom. The van der Waals surface area contributed by atoms with E-state index in [9.17, 15) is 9.59 Å². The number of aromatic nitrogens is 2. The van der Waals surface area contributed by atoms with Crippen LogP contribution in [0, 0.1) is 0 Å². The van der Waals surface area contributed by atoms with E-state index in [0.29, 0.717) is 19.0 Å². The molecular weight excluding hydrogens is 264 g/mol. The minimum atomic E-state index is -0.424. The first-order valence-corrected chi connectivity index (χ1v) is 6.59. The van der Waals surface area contributed by atoms with Crippen LogP contribution in [0.5, 0.6) is 0 Å². The quantitative estimate of drug-likeness (QED) is 0.796. The Bertz CT molecular complexity index is 525. The molecule has 8 heteroatoms. The van der Waals surface area contributed by atoms with Gasteiger partial charge in [-0.25, -0.2) is 0 Å². The highest BCUT2D eigenvalue weighted by molar-refractivity contribution is 5.91. The molecule has 1 N–H and O–H groups in total. The molecule has 0 radical (unpaired) electrons. The Morgan fingerprint density at radius 3 is 3.05 bits per heavy atom. The predicted octanol–water partition coefficient (Wildman–Crippen LogP) is -0.291. The topological polar surface area (TPSA) is 97.6 Å². The first kappa shape index (κ1) is 13.0. The summed E-state index contributed by atoms with van der Waals surface area (Å²) in [5.74, 6) is -0.105. The summed E-state index contributed by atoms with van der Waals surface area (Å²) in [7, 11) is 1.50. The van der Waals surface area contributed by atoms with Crippen LogP contribution < -0.4 is 5.32 Å². The van der Waals surface area contributed by atoms with Crippen molar-refractivity contribution in [1.29, 1.82) is 0 Å². The molecule has 0 spiro atoms. The van der Waals surface area contributed by atoms with Crippen LogP contribution in [0.2, 0.25) is 0 Å². The third-order valence-corrected chi connectivity index (χ3v) is 3.42. The molecule has 1 aromatic heterocycles. The molecule has 0 bridgehead atoms. The summed E-state index contributed by atoms with van der Waals surface area (Å²) in [6.07, 6.45) is 2.47. The summed E-state index contributed by atoms with van der Waals surface area (Å²) in [4.78, 5) is 29.5. The van der Waals surface area contributed by atoms with Gasteiger partial charge in [0, 0.05) is 26.1 Å². The lowest BCUT2D eigenvalue weighted by atomic mass is 10.2. The van der Waals surface area contributed by atoms with E-state index in [1.165, 1.54) is 7.11 Å². The van der Waals surface area contributed by atoms with E-state index in [4.69, 9.17) is 9.26 Å². The fourth-order valence-corrected chi connectivity index (χ4v) is 2.35. The van der Waals surface area contributed by atoms with Crippen LogP contribution >= 0.6 is 0 Å². The molecule has 1 aromatic rings. The van der Waals surface area contributed by atoms with Crippen molar-refractivity contribution in [2.24, 2.45) is 0 Å². The average Bonchev–Trinajstić information content (AvgIpc) is 3.04. The molecule has 2 fully saturated rings. The second kappa shape index (κ2) is 5.20. The average molecular weight is 280 g/mol. The third-order valence-electron chi connectivity index (χ3n) is 3.42. The standard InChI is InChI=1S/C12H16N4O4/c1-19-6-9-14-11(15-20-9)12(18)13-7-4-10(17)16(5-7)8-2-3-8/h7-8H,2-6H2,1H3,(H,13,18). The van der Waals surface area contributed by atoms with E-state index >= 15 is 0 Å². The zero-order chi connectivity index (χ0) is 14.1. The van der Waals surface area contributed by atoms with Gasteiger partial charge in [0.15, 0.2) is 0 Å². The number of nitrogens with one attached hydrogen (secondary N) is 1. The second-order valence-corrected chi connectivity index (χ2v) is 5.10. The lowest BCUT2D eigenvalue weighted by Crippen LogP contribution is -2.38. The normalized spacial score (nSPS) is 22.4. The Hall–Kier alpha value is -1.96. The van der Waals surface area contributed by atoms with E-state index in [1.54, 1.807) is 0 Å². The summed E-state index contributed by atoms with van der Waals surface area (Å²) < 4.78 is 9.69. The number of carbonyl (C=O) groups excluding carboxylic acids is 2. The highest BCUT2D eigenvalue weighted by Gasteiger charge is 2.40. The molecule has 108 valence electrons. The lowest BCUT2D eigenvalue weighted by Gasteiger charge is -2.15. The number of methoxy groups -OCH3 is 1. The maximum atomic E-state index is 12.0. The largest absolute Gasteiger partial charge is 0.375 e. The van der Waals surface area contributed by atoms with E-state index in [0.717, 1.165) is 12.8 Å². The van der Waals surface area contributed by atoms with Gasteiger partial charge in [-0.3, -0.25) is 9.59 Å². The summed E-state index contributed by atoms with van der Waals surface area (Å²) >= 11 is 0. The van der Waals surface area contributed by atoms with Gasteiger partial charge in [0.25, 0.3) is 17.6 Å². The number of rotatable bonds is 5. The number of amides is 2. The van der Waals surface area contributed by atoms with Gasteiger partial charge >= 0.3 is 0 Å². The summed E-state index contributed by atoms with van der Waals surface area (Å²) in [5.41, 5.74) is 0. The molecule has 2 aliphatic rings. The van der Waals surface area contributed by atoms with Crippen molar-refractivity contribution in [1.82, 2.24) is 20.4 Å². The molecule has 20 heavy (non-hydrogen) atoms. The lowest BCUT2D eigenvalue weighted by molar-refractivity contribution is -0.128. The number of hydrogen-bond donors (Lipinski definition) is 1. The highest BCUT2D eigenvalue weighted by atomic mass is 16.5. The molecule has 1 unspecified atom stereocenters. The van der Waals surface area contributed by atoms with Gasteiger partial charge in [-0.15, -0.1) is 0 Å². The van der Waals surface area contributed by atoms with Gasteiger partial charge in [0.1, 0.15) is 6.61 Å². The highest BCUT2D eigenvalue weighted by Crippen LogP contribution is 2.30. The van der Waals surface area contributed by atoms with Gasteiger partial charge < -0.3 is 19.5 Å². The van der Waals surface area contributed by atoms with Crippen LogP contribution in [0.4, 0.5) is 0 Å². The van der Waals surface area contributed by atoms with Crippen LogP contribution in [0.15, 0.2) is 4.52 Å². The first-order valence-electron chi connectivity index (χ1n) is 6.59. The number of likely N-dealkylation sites (tertiary alicyclic amines) is 1. The second-order valence-electron chi connectivity index (χ2n) is 5.10. The molecule has 1 saturated carbocycles. The van der Waals surface area contributed by atoms with Crippen molar-refractivity contribution in [2.75, 3.05) is 13.7 Å². The molecule has 3 rings (SSSR count). The van der Waals surface area contributed by atoms with Crippen LogP contribution in [-0.2, 0) is 16.1 Å². The number of nitrogens with zero attached hydrogens (tertiary/aromatic N) is 3. The van der Waals surface area contributed by atoms with E-state index in [1.807, 2.05) is 4.90 Å². The minimum Gasteiger partial charge on any atom is -0.375 e. The molecular formula is C12H16N4O4. The number of ether oxygens (including phenoxy) is 1. The fraction of sp³-hybridized carbons (Fsp3) is 0.667. The molecule has 2 amide bonds. The van der Waals surface area contributed by atoms with Gasteiger partial charge in [0.05, 0.1) is 6.04 Å². The van der Waals surface area contributed by atoms with Crippen LogP contribution in [0.1, 0.15) is 35.8 Å². The van der Waals surface area contributed by atoms with Crippen molar-refractivity contribution < 1.29 is 18.8 Å². The van der Waals surface area contributed by atoms with E-state index < -0.39 is 5.91 Å².